The predicted octanol–water partition coefficient (Wildman–Crippen LogP) is 3.71. The van der Waals surface area contributed by atoms with Gasteiger partial charge in [-0.3, -0.25) is 9.59 Å². The average Bonchev–Trinajstić information content (AvgIpc) is 2.71. The zero-order valence-electron chi connectivity index (χ0n) is 17.1. The molecule has 0 aliphatic rings. The van der Waals surface area contributed by atoms with Crippen LogP contribution in [0.25, 0.3) is 0 Å². The normalized spacial score (nSPS) is 12.7. The highest BCUT2D eigenvalue weighted by Gasteiger charge is 2.27. The molecule has 5 nitrogen and oxygen atoms in total. The second-order valence-electron chi connectivity index (χ2n) is 7.10. The Balaban J connectivity index is 2.12. The highest BCUT2D eigenvalue weighted by molar-refractivity contribution is 5.88. The summed E-state index contributed by atoms with van der Waals surface area (Å²) in [5.74, 6) is 0.244. The summed E-state index contributed by atoms with van der Waals surface area (Å²) >= 11 is 0. The monoisotopic (exact) mass is 382 g/mol. The number of benzene rings is 2. The van der Waals surface area contributed by atoms with Crippen LogP contribution in [0.15, 0.2) is 54.6 Å². The number of carbonyl (C=O) groups is 2. The van der Waals surface area contributed by atoms with Crippen LogP contribution in [0.2, 0.25) is 0 Å². The van der Waals surface area contributed by atoms with E-state index in [1.165, 1.54) is 0 Å². The number of nitrogens with one attached hydrogen (secondary N) is 1. The molecular formula is C23H30N2O3. The van der Waals surface area contributed by atoms with Crippen molar-refractivity contribution >= 4 is 11.8 Å². The third kappa shape index (κ3) is 6.41. The smallest absolute Gasteiger partial charge is 0.261 e. The standard InChI is InChI=1S/C23H30N2O3/c1-5-18(3)24-23(27)19(4)25(15-20-13-11-17(2)12-14-20)22(26)16-28-21-9-7-6-8-10-21/h6-14,18-19H,5,15-16H2,1-4H3,(H,24,27)/t18-,19+/m0/s1. The van der Waals surface area contributed by atoms with Crippen LogP contribution in [0, 0.1) is 6.92 Å². The molecule has 2 aromatic rings. The Bertz CT molecular complexity index is 759. The first-order chi connectivity index (χ1) is 13.4. The van der Waals surface area contributed by atoms with Gasteiger partial charge in [0, 0.05) is 12.6 Å². The van der Waals surface area contributed by atoms with Crippen molar-refractivity contribution in [3.8, 4) is 5.75 Å². The molecule has 2 atom stereocenters. The molecule has 2 rings (SSSR count). The topological polar surface area (TPSA) is 58.6 Å². The number of ether oxygens (including phenoxy) is 1. The van der Waals surface area contributed by atoms with Crippen LogP contribution in [0.5, 0.6) is 5.75 Å². The minimum atomic E-state index is -0.595. The molecule has 0 radical (unpaired) electrons. The Morgan fingerprint density at radius 3 is 2.29 bits per heavy atom. The first kappa shape index (κ1) is 21.5. The molecule has 28 heavy (non-hydrogen) atoms. The number of hydrogen-bond acceptors (Lipinski definition) is 3. The molecule has 150 valence electrons. The van der Waals surface area contributed by atoms with Crippen LogP contribution < -0.4 is 10.1 Å². The van der Waals surface area contributed by atoms with Gasteiger partial charge in [0.15, 0.2) is 6.61 Å². The lowest BCUT2D eigenvalue weighted by Gasteiger charge is -2.29. The van der Waals surface area contributed by atoms with Gasteiger partial charge in [-0.05, 0) is 44.9 Å². The lowest BCUT2D eigenvalue weighted by atomic mass is 10.1. The summed E-state index contributed by atoms with van der Waals surface area (Å²) in [4.78, 5) is 27.1. The fourth-order valence-corrected chi connectivity index (χ4v) is 2.68. The summed E-state index contributed by atoms with van der Waals surface area (Å²) in [5, 5.41) is 2.96. The van der Waals surface area contributed by atoms with Crippen molar-refractivity contribution < 1.29 is 14.3 Å². The molecule has 0 aliphatic carbocycles. The van der Waals surface area contributed by atoms with Gasteiger partial charge in [-0.25, -0.2) is 0 Å². The van der Waals surface area contributed by atoms with E-state index in [0.717, 1.165) is 17.5 Å². The summed E-state index contributed by atoms with van der Waals surface area (Å²) < 4.78 is 5.61. The molecule has 0 aliphatic heterocycles. The van der Waals surface area contributed by atoms with Crippen LogP contribution in [0.4, 0.5) is 0 Å². The van der Waals surface area contributed by atoms with E-state index in [2.05, 4.69) is 5.32 Å². The molecule has 0 fully saturated rings. The predicted molar refractivity (Wildman–Crippen MR) is 111 cm³/mol. The van der Waals surface area contributed by atoms with E-state index in [-0.39, 0.29) is 24.5 Å². The summed E-state index contributed by atoms with van der Waals surface area (Å²) in [6, 6.07) is 16.6. The molecule has 0 saturated carbocycles. The Hall–Kier alpha value is -2.82. The molecule has 0 saturated heterocycles. The average molecular weight is 383 g/mol. The summed E-state index contributed by atoms with van der Waals surface area (Å²) in [5.41, 5.74) is 2.12. The molecule has 2 aromatic carbocycles. The van der Waals surface area contributed by atoms with Crippen LogP contribution >= 0.6 is 0 Å². The summed E-state index contributed by atoms with van der Waals surface area (Å²) in [6.07, 6.45) is 0.835. The van der Waals surface area contributed by atoms with Crippen molar-refractivity contribution in [1.29, 1.82) is 0 Å². The molecule has 0 aromatic heterocycles. The minimum absolute atomic E-state index is 0.0619. The van der Waals surface area contributed by atoms with E-state index in [4.69, 9.17) is 4.74 Å². The van der Waals surface area contributed by atoms with Crippen molar-refractivity contribution in [1.82, 2.24) is 10.2 Å². The summed E-state index contributed by atoms with van der Waals surface area (Å²) in [7, 11) is 0. The molecule has 0 unspecified atom stereocenters. The van der Waals surface area contributed by atoms with Gasteiger partial charge >= 0.3 is 0 Å². The number of carbonyl (C=O) groups excluding carboxylic acids is 2. The second-order valence-corrected chi connectivity index (χ2v) is 7.10. The highest BCUT2D eigenvalue weighted by atomic mass is 16.5. The number of para-hydroxylation sites is 1. The number of rotatable bonds is 9. The van der Waals surface area contributed by atoms with Crippen molar-refractivity contribution in [2.24, 2.45) is 0 Å². The van der Waals surface area contributed by atoms with E-state index in [0.29, 0.717) is 12.3 Å². The zero-order chi connectivity index (χ0) is 20.5. The fourth-order valence-electron chi connectivity index (χ4n) is 2.68. The van der Waals surface area contributed by atoms with Crippen LogP contribution in [0.3, 0.4) is 0 Å². The second kappa shape index (κ2) is 10.5. The quantitative estimate of drug-likeness (QED) is 0.719. The van der Waals surface area contributed by atoms with E-state index in [9.17, 15) is 9.59 Å². The zero-order valence-corrected chi connectivity index (χ0v) is 17.1. The minimum Gasteiger partial charge on any atom is -0.484 e. The lowest BCUT2D eigenvalue weighted by molar-refractivity contribution is -0.142. The van der Waals surface area contributed by atoms with E-state index >= 15 is 0 Å². The van der Waals surface area contributed by atoms with Crippen molar-refractivity contribution in [2.45, 2.75) is 52.7 Å². The van der Waals surface area contributed by atoms with Gasteiger partial charge < -0.3 is 15.0 Å². The lowest BCUT2D eigenvalue weighted by Crippen LogP contribution is -2.50. The van der Waals surface area contributed by atoms with Crippen molar-refractivity contribution in [3.63, 3.8) is 0 Å². The Morgan fingerprint density at radius 2 is 1.68 bits per heavy atom. The van der Waals surface area contributed by atoms with Crippen molar-refractivity contribution in [3.05, 3.63) is 65.7 Å². The first-order valence-corrected chi connectivity index (χ1v) is 9.74. The van der Waals surface area contributed by atoms with Gasteiger partial charge in [-0.1, -0.05) is 55.0 Å². The Morgan fingerprint density at radius 1 is 1.04 bits per heavy atom. The van der Waals surface area contributed by atoms with E-state index in [1.54, 1.807) is 24.0 Å². The van der Waals surface area contributed by atoms with Crippen LogP contribution in [-0.4, -0.2) is 35.4 Å². The largest absolute Gasteiger partial charge is 0.484 e. The molecule has 1 N–H and O–H groups in total. The molecule has 0 bridgehead atoms. The van der Waals surface area contributed by atoms with Crippen LogP contribution in [0.1, 0.15) is 38.3 Å². The first-order valence-electron chi connectivity index (χ1n) is 9.74. The number of amides is 2. The third-order valence-corrected chi connectivity index (χ3v) is 4.75. The fraction of sp³-hybridized carbons (Fsp3) is 0.391. The molecular weight excluding hydrogens is 352 g/mol. The summed E-state index contributed by atoms with van der Waals surface area (Å²) in [6.45, 7) is 7.98. The van der Waals surface area contributed by atoms with Gasteiger partial charge in [-0.15, -0.1) is 0 Å². The SMILES string of the molecule is CC[C@H](C)NC(=O)[C@@H](C)N(Cc1ccc(C)cc1)C(=O)COc1ccccc1. The van der Waals surface area contributed by atoms with Gasteiger partial charge in [0.05, 0.1) is 0 Å². The van der Waals surface area contributed by atoms with Gasteiger partial charge in [0.25, 0.3) is 5.91 Å². The van der Waals surface area contributed by atoms with E-state index in [1.807, 2.05) is 63.2 Å². The third-order valence-electron chi connectivity index (χ3n) is 4.75. The van der Waals surface area contributed by atoms with Gasteiger partial charge in [0.1, 0.15) is 11.8 Å². The molecule has 2 amide bonds. The van der Waals surface area contributed by atoms with Gasteiger partial charge in [0.2, 0.25) is 5.91 Å². The van der Waals surface area contributed by atoms with Gasteiger partial charge in [-0.2, -0.15) is 0 Å². The highest BCUT2D eigenvalue weighted by Crippen LogP contribution is 2.13. The maximum absolute atomic E-state index is 12.9. The van der Waals surface area contributed by atoms with E-state index < -0.39 is 6.04 Å². The Labute approximate surface area is 167 Å². The maximum atomic E-state index is 12.9. The number of aryl methyl sites for hydroxylation is 1. The number of nitrogens with zero attached hydrogens (tertiary/aromatic N) is 1. The molecule has 0 heterocycles. The Kier molecular flexibility index (Phi) is 8.05. The van der Waals surface area contributed by atoms with Crippen LogP contribution in [-0.2, 0) is 16.1 Å². The maximum Gasteiger partial charge on any atom is 0.261 e. The molecule has 0 spiro atoms. The number of hydrogen-bond donors (Lipinski definition) is 1. The van der Waals surface area contributed by atoms with Crippen molar-refractivity contribution in [2.75, 3.05) is 6.61 Å². The molecule has 5 heteroatoms.